The van der Waals surface area contributed by atoms with Crippen molar-refractivity contribution in [1.29, 1.82) is 0 Å². The fourth-order valence-electron chi connectivity index (χ4n) is 2.23. The van der Waals surface area contributed by atoms with Gasteiger partial charge in [-0.3, -0.25) is 4.79 Å². The third kappa shape index (κ3) is 2.88. The molecule has 2 aromatic carbocycles. The van der Waals surface area contributed by atoms with Crippen LogP contribution in [0.15, 0.2) is 54.6 Å². The van der Waals surface area contributed by atoms with E-state index in [1.165, 1.54) is 6.92 Å². The van der Waals surface area contributed by atoms with Crippen molar-refractivity contribution in [1.82, 2.24) is 4.98 Å². The molecule has 0 spiro atoms. The fourth-order valence-corrected chi connectivity index (χ4v) is 2.49. The Labute approximate surface area is 127 Å². The van der Waals surface area contributed by atoms with Gasteiger partial charge in [0.1, 0.15) is 5.15 Å². The van der Waals surface area contributed by atoms with E-state index in [-0.39, 0.29) is 5.91 Å². The number of fused-ring (bicyclic) bond motifs is 1. The predicted molar refractivity (Wildman–Crippen MR) is 86.5 cm³/mol. The Bertz CT molecular complexity index is 813. The zero-order valence-electron chi connectivity index (χ0n) is 11.4. The number of pyridine rings is 1. The maximum atomic E-state index is 11.0. The van der Waals surface area contributed by atoms with Crippen molar-refractivity contribution in [2.75, 3.05) is 5.32 Å². The first-order valence-corrected chi connectivity index (χ1v) is 6.94. The zero-order valence-corrected chi connectivity index (χ0v) is 12.2. The minimum Gasteiger partial charge on any atom is -0.326 e. The van der Waals surface area contributed by atoms with Crippen LogP contribution in [0.3, 0.4) is 0 Å². The van der Waals surface area contributed by atoms with Gasteiger partial charge < -0.3 is 5.32 Å². The topological polar surface area (TPSA) is 42.0 Å². The number of halogens is 1. The van der Waals surface area contributed by atoms with Gasteiger partial charge in [-0.1, -0.05) is 41.9 Å². The Balaban J connectivity index is 2.03. The molecule has 104 valence electrons. The third-order valence-corrected chi connectivity index (χ3v) is 3.48. The fraction of sp³-hybridized carbons (Fsp3) is 0.0588. The molecule has 0 unspecified atom stereocenters. The first kappa shape index (κ1) is 13.6. The summed E-state index contributed by atoms with van der Waals surface area (Å²) in [4.78, 5) is 15.4. The van der Waals surface area contributed by atoms with Crippen LogP contribution in [0, 0.1) is 0 Å². The Hall–Kier alpha value is -2.39. The normalized spacial score (nSPS) is 10.6. The number of anilines is 1. The number of para-hydroxylation sites is 1. The van der Waals surface area contributed by atoms with E-state index < -0.39 is 0 Å². The first-order chi connectivity index (χ1) is 10.1. The molecular formula is C17H13ClN2O. The lowest BCUT2D eigenvalue weighted by molar-refractivity contribution is -0.114. The van der Waals surface area contributed by atoms with E-state index in [1.54, 1.807) is 0 Å². The number of nitrogens with one attached hydrogen (secondary N) is 1. The third-order valence-electron chi connectivity index (χ3n) is 3.19. The van der Waals surface area contributed by atoms with Crippen LogP contribution in [0.2, 0.25) is 5.15 Å². The molecule has 3 rings (SSSR count). The second-order valence-electron chi connectivity index (χ2n) is 4.78. The van der Waals surface area contributed by atoms with Gasteiger partial charge in [0.25, 0.3) is 0 Å². The molecule has 1 amide bonds. The van der Waals surface area contributed by atoms with E-state index >= 15 is 0 Å². The highest BCUT2D eigenvalue weighted by Crippen LogP contribution is 2.30. The number of nitrogens with zero attached hydrogens (tertiary/aromatic N) is 1. The minimum atomic E-state index is -0.0897. The van der Waals surface area contributed by atoms with Crippen molar-refractivity contribution in [3.8, 4) is 11.1 Å². The van der Waals surface area contributed by atoms with Crippen LogP contribution < -0.4 is 5.32 Å². The van der Waals surface area contributed by atoms with Crippen LogP contribution >= 0.6 is 11.6 Å². The lowest BCUT2D eigenvalue weighted by Gasteiger charge is -2.08. The van der Waals surface area contributed by atoms with Gasteiger partial charge in [-0.2, -0.15) is 0 Å². The van der Waals surface area contributed by atoms with Crippen LogP contribution in [-0.4, -0.2) is 10.9 Å². The Morgan fingerprint density at radius 1 is 1.10 bits per heavy atom. The Kier molecular flexibility index (Phi) is 3.59. The minimum absolute atomic E-state index is 0.0897. The number of hydrogen-bond acceptors (Lipinski definition) is 2. The van der Waals surface area contributed by atoms with Crippen molar-refractivity contribution >= 4 is 34.1 Å². The van der Waals surface area contributed by atoms with E-state index in [1.807, 2.05) is 54.6 Å². The van der Waals surface area contributed by atoms with E-state index in [2.05, 4.69) is 10.3 Å². The maximum Gasteiger partial charge on any atom is 0.221 e. The van der Waals surface area contributed by atoms with Gasteiger partial charge in [0.2, 0.25) is 5.91 Å². The molecule has 0 bridgehead atoms. The molecule has 0 saturated heterocycles. The molecule has 1 N–H and O–H groups in total. The Morgan fingerprint density at radius 3 is 2.52 bits per heavy atom. The molecule has 0 atom stereocenters. The van der Waals surface area contributed by atoms with Crippen LogP contribution in [-0.2, 0) is 4.79 Å². The molecule has 0 radical (unpaired) electrons. The van der Waals surface area contributed by atoms with Crippen LogP contribution in [0.4, 0.5) is 5.69 Å². The molecule has 1 aromatic heterocycles. The van der Waals surface area contributed by atoms with Crippen molar-refractivity contribution in [3.05, 3.63) is 59.8 Å². The van der Waals surface area contributed by atoms with E-state index in [0.717, 1.165) is 27.7 Å². The zero-order chi connectivity index (χ0) is 14.8. The standard InChI is InChI=1S/C17H13ClN2O/c1-11(21)19-14-8-6-12(7-9-14)15-10-13-4-2-3-5-16(13)20-17(15)18/h2-10H,1H3,(H,19,21). The molecule has 21 heavy (non-hydrogen) atoms. The van der Waals surface area contributed by atoms with Gasteiger partial charge >= 0.3 is 0 Å². The first-order valence-electron chi connectivity index (χ1n) is 6.57. The van der Waals surface area contributed by atoms with Gasteiger partial charge in [-0.15, -0.1) is 0 Å². The second-order valence-corrected chi connectivity index (χ2v) is 5.14. The van der Waals surface area contributed by atoms with E-state index in [9.17, 15) is 4.79 Å². The molecular weight excluding hydrogens is 284 g/mol. The predicted octanol–water partition coefficient (Wildman–Crippen LogP) is 4.51. The average molecular weight is 297 g/mol. The second kappa shape index (κ2) is 5.54. The highest BCUT2D eigenvalue weighted by molar-refractivity contribution is 6.32. The summed E-state index contributed by atoms with van der Waals surface area (Å²) in [6.07, 6.45) is 0. The average Bonchev–Trinajstić information content (AvgIpc) is 2.47. The summed E-state index contributed by atoms with van der Waals surface area (Å²) >= 11 is 6.28. The highest BCUT2D eigenvalue weighted by Gasteiger charge is 2.07. The summed E-state index contributed by atoms with van der Waals surface area (Å²) in [5.41, 5.74) is 3.48. The van der Waals surface area contributed by atoms with Crippen molar-refractivity contribution in [2.24, 2.45) is 0 Å². The lowest BCUT2D eigenvalue weighted by Crippen LogP contribution is -2.05. The van der Waals surface area contributed by atoms with Crippen molar-refractivity contribution in [3.63, 3.8) is 0 Å². The van der Waals surface area contributed by atoms with Crippen LogP contribution in [0.1, 0.15) is 6.92 Å². The van der Waals surface area contributed by atoms with Gasteiger partial charge in [-0.25, -0.2) is 4.98 Å². The van der Waals surface area contributed by atoms with Gasteiger partial charge in [0, 0.05) is 23.6 Å². The summed E-state index contributed by atoms with van der Waals surface area (Å²) in [7, 11) is 0. The molecule has 0 aliphatic heterocycles. The monoisotopic (exact) mass is 296 g/mol. The molecule has 0 aliphatic rings. The number of benzene rings is 2. The van der Waals surface area contributed by atoms with Gasteiger partial charge in [-0.05, 0) is 29.8 Å². The van der Waals surface area contributed by atoms with Gasteiger partial charge in [0.05, 0.1) is 5.52 Å². The van der Waals surface area contributed by atoms with Crippen LogP contribution in [0.25, 0.3) is 22.0 Å². The van der Waals surface area contributed by atoms with E-state index in [0.29, 0.717) is 5.15 Å². The molecule has 3 aromatic rings. The summed E-state index contributed by atoms with van der Waals surface area (Å²) in [6, 6.07) is 17.4. The number of hydrogen-bond donors (Lipinski definition) is 1. The molecule has 0 fully saturated rings. The number of rotatable bonds is 2. The van der Waals surface area contributed by atoms with Gasteiger partial charge in [0.15, 0.2) is 0 Å². The van der Waals surface area contributed by atoms with Crippen molar-refractivity contribution < 1.29 is 4.79 Å². The summed E-state index contributed by atoms with van der Waals surface area (Å²) in [6.45, 7) is 1.48. The number of amides is 1. The molecule has 3 nitrogen and oxygen atoms in total. The Morgan fingerprint density at radius 2 is 1.81 bits per heavy atom. The van der Waals surface area contributed by atoms with Crippen molar-refractivity contribution in [2.45, 2.75) is 6.92 Å². The highest BCUT2D eigenvalue weighted by atomic mass is 35.5. The smallest absolute Gasteiger partial charge is 0.221 e. The van der Waals surface area contributed by atoms with E-state index in [4.69, 9.17) is 11.6 Å². The van der Waals surface area contributed by atoms with Crippen LogP contribution in [0.5, 0.6) is 0 Å². The summed E-state index contributed by atoms with van der Waals surface area (Å²) in [5, 5.41) is 4.26. The summed E-state index contributed by atoms with van der Waals surface area (Å²) < 4.78 is 0. The molecule has 0 aliphatic carbocycles. The summed E-state index contributed by atoms with van der Waals surface area (Å²) in [5.74, 6) is -0.0897. The number of carbonyl (C=O) groups excluding carboxylic acids is 1. The molecule has 4 heteroatoms. The largest absolute Gasteiger partial charge is 0.326 e. The number of aromatic nitrogens is 1. The number of carbonyl (C=O) groups is 1. The maximum absolute atomic E-state index is 11.0. The lowest BCUT2D eigenvalue weighted by atomic mass is 10.0. The quantitative estimate of drug-likeness (QED) is 0.707. The molecule has 0 saturated carbocycles. The molecule has 1 heterocycles. The SMILES string of the molecule is CC(=O)Nc1ccc(-c2cc3ccccc3nc2Cl)cc1.